The van der Waals surface area contributed by atoms with Crippen molar-refractivity contribution < 1.29 is 4.74 Å². The lowest BCUT2D eigenvalue weighted by molar-refractivity contribution is 0.415. The minimum Gasteiger partial charge on any atom is -0.497 e. The second-order valence-electron chi connectivity index (χ2n) is 2.35. The fourth-order valence-corrected chi connectivity index (χ4v) is 0.944. The van der Waals surface area contributed by atoms with E-state index < -0.39 is 0 Å². The minimum absolute atomic E-state index is 0.433. The van der Waals surface area contributed by atoms with Crippen molar-refractivity contribution in [2.45, 2.75) is 0 Å². The van der Waals surface area contributed by atoms with Crippen LogP contribution in [0.25, 0.3) is 0 Å². The van der Waals surface area contributed by atoms with Crippen molar-refractivity contribution in [3.8, 4) is 5.75 Å². The smallest absolute Gasteiger partial charge is 0.166 e. The fraction of sp³-hybridized carbons (Fsp3) is 0.125. The van der Waals surface area contributed by atoms with Gasteiger partial charge in [-0.15, -0.1) is 0 Å². The number of hydrazine groups is 1. The number of amidine groups is 1. The highest BCUT2D eigenvalue weighted by Gasteiger charge is 2.00. The van der Waals surface area contributed by atoms with Gasteiger partial charge in [0.25, 0.3) is 0 Å². The molecule has 5 nitrogen and oxygen atoms in total. The van der Waals surface area contributed by atoms with Crippen LogP contribution >= 0.6 is 0 Å². The summed E-state index contributed by atoms with van der Waals surface area (Å²) in [6, 6.07) is 7.23. The molecule has 0 fully saturated rings. The van der Waals surface area contributed by atoms with Crippen LogP contribution in [0.15, 0.2) is 29.4 Å². The molecule has 0 spiro atoms. The predicted octanol–water partition coefficient (Wildman–Crippen LogP) is -0.221. The van der Waals surface area contributed by atoms with Crippen molar-refractivity contribution in [1.29, 1.82) is 0 Å². The highest BCUT2D eigenvalue weighted by Crippen LogP contribution is 2.10. The van der Waals surface area contributed by atoms with Crippen molar-refractivity contribution in [3.63, 3.8) is 0 Å². The number of hydrogen-bond acceptors (Lipinski definition) is 4. The van der Waals surface area contributed by atoms with Gasteiger partial charge < -0.3 is 16.0 Å². The van der Waals surface area contributed by atoms with Crippen molar-refractivity contribution in [1.82, 2.24) is 5.43 Å². The lowest BCUT2D eigenvalue weighted by atomic mass is 10.2. The summed E-state index contributed by atoms with van der Waals surface area (Å²) in [5.74, 6) is 11.5. The Bertz CT molecular complexity index is 294. The van der Waals surface area contributed by atoms with Crippen molar-refractivity contribution in [2.75, 3.05) is 7.11 Å². The third-order valence-corrected chi connectivity index (χ3v) is 1.63. The van der Waals surface area contributed by atoms with Crippen molar-refractivity contribution in [3.05, 3.63) is 29.8 Å². The van der Waals surface area contributed by atoms with E-state index in [1.54, 1.807) is 19.2 Å². The van der Waals surface area contributed by atoms with Crippen molar-refractivity contribution >= 4 is 5.84 Å². The van der Waals surface area contributed by atoms with E-state index in [9.17, 15) is 0 Å². The molecule has 0 radical (unpaired) electrons. The molecule has 5 heteroatoms. The lowest BCUT2D eigenvalue weighted by Gasteiger charge is -2.04. The Hall–Kier alpha value is -1.75. The standard InChI is InChI=1S/C8H12N4O/c1-13-7-4-2-6(3-5-7)8(11-9)12-10/h2-5H,9-10H2,1H3,(H,11,12). The van der Waals surface area contributed by atoms with Gasteiger partial charge in [-0.3, -0.25) is 0 Å². The number of hydrogen-bond donors (Lipinski definition) is 3. The van der Waals surface area contributed by atoms with E-state index >= 15 is 0 Å². The first-order valence-corrected chi connectivity index (χ1v) is 3.70. The number of hydrazone groups is 1. The fourth-order valence-electron chi connectivity index (χ4n) is 0.944. The average molecular weight is 180 g/mol. The summed E-state index contributed by atoms with van der Waals surface area (Å²) in [7, 11) is 1.61. The largest absolute Gasteiger partial charge is 0.497 e. The van der Waals surface area contributed by atoms with Gasteiger partial charge in [0.15, 0.2) is 5.84 Å². The Morgan fingerprint density at radius 2 is 2.00 bits per heavy atom. The summed E-state index contributed by atoms with van der Waals surface area (Å²) in [6.45, 7) is 0. The first kappa shape index (κ1) is 9.34. The van der Waals surface area contributed by atoms with Crippen LogP contribution in [-0.4, -0.2) is 12.9 Å². The molecular weight excluding hydrogens is 168 g/mol. The van der Waals surface area contributed by atoms with Crippen LogP contribution in [0, 0.1) is 0 Å². The average Bonchev–Trinajstić information content (AvgIpc) is 2.21. The summed E-state index contributed by atoms with van der Waals surface area (Å²) < 4.78 is 4.99. The summed E-state index contributed by atoms with van der Waals surface area (Å²) >= 11 is 0. The van der Waals surface area contributed by atoms with Gasteiger partial charge >= 0.3 is 0 Å². The molecular formula is C8H12N4O. The quantitative estimate of drug-likeness (QED) is 0.254. The van der Waals surface area contributed by atoms with E-state index in [2.05, 4.69) is 10.5 Å². The number of benzene rings is 1. The number of methoxy groups -OCH3 is 1. The second kappa shape index (κ2) is 4.32. The summed E-state index contributed by atoms with van der Waals surface area (Å²) in [5.41, 5.74) is 3.20. The van der Waals surface area contributed by atoms with Crippen LogP contribution < -0.4 is 21.8 Å². The zero-order valence-corrected chi connectivity index (χ0v) is 7.32. The van der Waals surface area contributed by atoms with Gasteiger partial charge in [-0.1, -0.05) is 0 Å². The van der Waals surface area contributed by atoms with E-state index in [-0.39, 0.29) is 0 Å². The molecule has 0 saturated heterocycles. The van der Waals surface area contributed by atoms with E-state index in [0.717, 1.165) is 11.3 Å². The van der Waals surface area contributed by atoms with Gasteiger partial charge in [0.05, 0.1) is 7.11 Å². The molecule has 0 aliphatic carbocycles. The van der Waals surface area contributed by atoms with E-state index in [4.69, 9.17) is 16.4 Å². The molecule has 0 unspecified atom stereocenters. The number of nitrogens with one attached hydrogen (secondary N) is 1. The first-order valence-electron chi connectivity index (χ1n) is 3.70. The maximum atomic E-state index is 5.19. The lowest BCUT2D eigenvalue weighted by Crippen LogP contribution is -2.31. The predicted molar refractivity (Wildman–Crippen MR) is 51.0 cm³/mol. The molecule has 0 amide bonds. The van der Waals surface area contributed by atoms with Gasteiger partial charge in [-0.25, -0.2) is 5.84 Å². The molecule has 0 aliphatic heterocycles. The van der Waals surface area contributed by atoms with Crippen LogP contribution in [0.2, 0.25) is 0 Å². The Labute approximate surface area is 76.3 Å². The molecule has 0 aromatic heterocycles. The van der Waals surface area contributed by atoms with Gasteiger partial charge in [0.1, 0.15) is 5.75 Å². The Morgan fingerprint density at radius 3 is 2.38 bits per heavy atom. The molecule has 1 aromatic rings. The molecule has 1 rings (SSSR count). The molecule has 70 valence electrons. The summed E-state index contributed by atoms with van der Waals surface area (Å²) in [4.78, 5) is 0. The molecule has 1 aromatic carbocycles. The van der Waals surface area contributed by atoms with Crippen LogP contribution in [0.1, 0.15) is 5.56 Å². The van der Waals surface area contributed by atoms with Crippen LogP contribution in [0.3, 0.4) is 0 Å². The highest BCUT2D eigenvalue weighted by molar-refractivity contribution is 5.98. The molecule has 0 heterocycles. The normalized spacial score (nSPS) is 11.1. The number of nitrogens with zero attached hydrogens (tertiary/aromatic N) is 1. The SMILES string of the molecule is COc1ccc(/C(=N/N)NN)cc1. The van der Waals surface area contributed by atoms with Gasteiger partial charge in [-0.05, 0) is 24.3 Å². The molecule has 0 atom stereocenters. The molecule has 0 saturated carbocycles. The highest BCUT2D eigenvalue weighted by atomic mass is 16.5. The zero-order valence-electron chi connectivity index (χ0n) is 7.32. The second-order valence-corrected chi connectivity index (χ2v) is 2.35. The third kappa shape index (κ3) is 2.09. The number of nitrogens with two attached hydrogens (primary N) is 2. The molecule has 0 bridgehead atoms. The van der Waals surface area contributed by atoms with Crippen LogP contribution in [0.4, 0.5) is 0 Å². The molecule has 5 N–H and O–H groups in total. The maximum absolute atomic E-state index is 5.19. The summed E-state index contributed by atoms with van der Waals surface area (Å²) in [6.07, 6.45) is 0. The number of ether oxygens (including phenoxy) is 1. The monoisotopic (exact) mass is 180 g/mol. The van der Waals surface area contributed by atoms with Crippen LogP contribution in [-0.2, 0) is 0 Å². The Kier molecular flexibility index (Phi) is 3.10. The van der Waals surface area contributed by atoms with E-state index in [1.165, 1.54) is 0 Å². The van der Waals surface area contributed by atoms with E-state index in [1.807, 2.05) is 12.1 Å². The first-order chi connectivity index (χ1) is 6.31. The molecule has 13 heavy (non-hydrogen) atoms. The molecule has 0 aliphatic rings. The Balaban J connectivity index is 2.91. The zero-order chi connectivity index (χ0) is 9.68. The Morgan fingerprint density at radius 1 is 1.38 bits per heavy atom. The van der Waals surface area contributed by atoms with Crippen molar-refractivity contribution in [2.24, 2.45) is 16.8 Å². The van der Waals surface area contributed by atoms with Crippen LogP contribution in [0.5, 0.6) is 5.75 Å². The number of rotatable bonds is 2. The topological polar surface area (TPSA) is 85.7 Å². The summed E-state index contributed by atoms with van der Waals surface area (Å²) in [5, 5.41) is 3.47. The van der Waals surface area contributed by atoms with E-state index in [0.29, 0.717) is 5.84 Å². The van der Waals surface area contributed by atoms with Gasteiger partial charge in [-0.2, -0.15) is 5.10 Å². The van der Waals surface area contributed by atoms with Gasteiger partial charge in [0, 0.05) is 5.56 Å². The minimum atomic E-state index is 0.433. The maximum Gasteiger partial charge on any atom is 0.166 e. The van der Waals surface area contributed by atoms with Gasteiger partial charge in [0.2, 0.25) is 0 Å². The third-order valence-electron chi connectivity index (χ3n) is 1.63.